The quantitative estimate of drug-likeness (QED) is 0.438. The Morgan fingerprint density at radius 2 is 1.68 bits per heavy atom. The van der Waals surface area contributed by atoms with Gasteiger partial charge >= 0.3 is 0 Å². The van der Waals surface area contributed by atoms with Crippen molar-refractivity contribution < 1.29 is 17.6 Å². The minimum atomic E-state index is -3.70. The molecule has 1 atom stereocenters. The molecular weight excluding hydrogens is 503 g/mol. The molecule has 1 aliphatic carbocycles. The average molecular weight is 539 g/mol. The van der Waals surface area contributed by atoms with E-state index in [9.17, 15) is 17.6 Å². The van der Waals surface area contributed by atoms with Crippen LogP contribution >= 0.6 is 0 Å². The van der Waals surface area contributed by atoms with E-state index in [1.165, 1.54) is 31.4 Å². The molecule has 2 aliphatic rings. The van der Waals surface area contributed by atoms with Crippen LogP contribution in [0.15, 0.2) is 59.5 Å². The lowest BCUT2D eigenvalue weighted by atomic mass is 9.85. The summed E-state index contributed by atoms with van der Waals surface area (Å²) in [6, 6.07) is 14.7. The molecule has 0 spiro atoms. The number of piperidine rings is 1. The summed E-state index contributed by atoms with van der Waals surface area (Å²) in [5, 5.41) is 3.80. The molecule has 5 rings (SSSR count). The van der Waals surface area contributed by atoms with Crippen molar-refractivity contribution in [2.45, 2.75) is 68.8 Å². The second-order valence-corrected chi connectivity index (χ2v) is 12.2. The normalized spacial score (nSPS) is 21.3. The molecule has 1 aromatic heterocycles. The SMILES string of the molecule is C[C@@H](NC(=O)C1CCC(NS(=O)(=O)c2ccc3nc(N4CCCCC4)ccc3c2)CC1)c1ccc(F)cc1. The summed E-state index contributed by atoms with van der Waals surface area (Å²) < 4.78 is 42.3. The van der Waals surface area contributed by atoms with Crippen molar-refractivity contribution >= 4 is 32.7 Å². The molecule has 2 aromatic carbocycles. The van der Waals surface area contributed by atoms with Crippen molar-refractivity contribution in [2.75, 3.05) is 18.0 Å². The van der Waals surface area contributed by atoms with Crippen molar-refractivity contribution in [3.05, 3.63) is 66.0 Å². The van der Waals surface area contributed by atoms with Crippen LogP contribution < -0.4 is 14.9 Å². The van der Waals surface area contributed by atoms with Crippen molar-refractivity contribution in [1.29, 1.82) is 0 Å². The Morgan fingerprint density at radius 3 is 2.39 bits per heavy atom. The Bertz CT molecular complexity index is 1380. The highest BCUT2D eigenvalue weighted by molar-refractivity contribution is 7.89. The molecule has 38 heavy (non-hydrogen) atoms. The number of rotatable bonds is 7. The Morgan fingerprint density at radius 1 is 0.974 bits per heavy atom. The van der Waals surface area contributed by atoms with Crippen LogP contribution in [-0.2, 0) is 14.8 Å². The van der Waals surface area contributed by atoms with Crippen LogP contribution in [0.3, 0.4) is 0 Å². The van der Waals surface area contributed by atoms with Crippen LogP contribution in [0.5, 0.6) is 0 Å². The molecule has 1 saturated carbocycles. The largest absolute Gasteiger partial charge is 0.357 e. The Kier molecular flexibility index (Phi) is 7.95. The van der Waals surface area contributed by atoms with Gasteiger partial charge in [0.1, 0.15) is 11.6 Å². The van der Waals surface area contributed by atoms with Crippen molar-refractivity contribution in [3.8, 4) is 0 Å². The highest BCUT2D eigenvalue weighted by Gasteiger charge is 2.30. The number of sulfonamides is 1. The lowest BCUT2D eigenvalue weighted by molar-refractivity contribution is -0.126. The summed E-state index contributed by atoms with van der Waals surface area (Å²) in [5.41, 5.74) is 1.63. The number of anilines is 1. The van der Waals surface area contributed by atoms with Crippen LogP contribution in [0.2, 0.25) is 0 Å². The number of pyridine rings is 1. The lowest BCUT2D eigenvalue weighted by Gasteiger charge is -2.29. The Hall–Kier alpha value is -3.04. The number of carbonyl (C=O) groups is 1. The van der Waals surface area contributed by atoms with E-state index < -0.39 is 10.0 Å². The van der Waals surface area contributed by atoms with E-state index in [1.54, 1.807) is 30.3 Å². The van der Waals surface area contributed by atoms with Crippen molar-refractivity contribution in [1.82, 2.24) is 15.0 Å². The summed E-state index contributed by atoms with van der Waals surface area (Å²) in [6.45, 7) is 3.89. The number of carbonyl (C=O) groups excluding carboxylic acids is 1. The summed E-state index contributed by atoms with van der Waals surface area (Å²) in [7, 11) is -3.70. The third-order valence-corrected chi connectivity index (χ3v) is 9.30. The van der Waals surface area contributed by atoms with Gasteiger partial charge in [-0.3, -0.25) is 4.79 Å². The highest BCUT2D eigenvalue weighted by Crippen LogP contribution is 2.28. The van der Waals surface area contributed by atoms with Gasteiger partial charge in [0.25, 0.3) is 0 Å². The molecule has 1 amide bonds. The molecule has 3 aromatic rings. The number of fused-ring (bicyclic) bond motifs is 1. The highest BCUT2D eigenvalue weighted by atomic mass is 32.2. The number of benzene rings is 2. The summed E-state index contributed by atoms with van der Waals surface area (Å²) in [5.74, 6) is 0.419. The fourth-order valence-electron chi connectivity index (χ4n) is 5.49. The van der Waals surface area contributed by atoms with Gasteiger partial charge in [0, 0.05) is 30.4 Å². The standard InChI is InChI=1S/C29H35FN4O3S/c1-20(21-5-10-24(30)11-6-21)31-29(35)22-7-12-25(13-8-22)33-38(36,37)26-14-15-27-23(19-26)9-16-28(32-27)34-17-3-2-4-18-34/h5-6,9-11,14-16,19-20,22,25,33H,2-4,7-8,12-13,17-18H2,1H3,(H,31,35)/t20-,22?,25?/m1/s1. The van der Waals surface area contributed by atoms with Crippen LogP contribution in [0.4, 0.5) is 10.2 Å². The number of amides is 1. The minimum absolute atomic E-state index is 0.0471. The maximum absolute atomic E-state index is 13.2. The number of hydrogen-bond acceptors (Lipinski definition) is 5. The predicted molar refractivity (Wildman–Crippen MR) is 147 cm³/mol. The smallest absolute Gasteiger partial charge is 0.240 e. The van der Waals surface area contributed by atoms with Gasteiger partial charge in [0.15, 0.2) is 0 Å². The average Bonchev–Trinajstić information content (AvgIpc) is 2.93. The van der Waals surface area contributed by atoms with Gasteiger partial charge in [0.05, 0.1) is 16.5 Å². The molecule has 0 radical (unpaired) electrons. The molecular formula is C29H35FN4O3S. The van der Waals surface area contributed by atoms with E-state index in [2.05, 4.69) is 14.9 Å². The lowest BCUT2D eigenvalue weighted by Crippen LogP contribution is -2.41. The van der Waals surface area contributed by atoms with Crippen LogP contribution in [0, 0.1) is 11.7 Å². The van der Waals surface area contributed by atoms with E-state index in [4.69, 9.17) is 4.98 Å². The predicted octanol–water partition coefficient (Wildman–Crippen LogP) is 5.08. The molecule has 1 saturated heterocycles. The van der Waals surface area contributed by atoms with Gasteiger partial charge < -0.3 is 10.2 Å². The number of aromatic nitrogens is 1. The third kappa shape index (κ3) is 6.15. The molecule has 1 aliphatic heterocycles. The van der Waals surface area contributed by atoms with Gasteiger partial charge in [0.2, 0.25) is 15.9 Å². The fourth-order valence-corrected chi connectivity index (χ4v) is 6.83. The first-order chi connectivity index (χ1) is 18.3. The van der Waals surface area contributed by atoms with E-state index in [0.717, 1.165) is 35.4 Å². The molecule has 2 fully saturated rings. The third-order valence-electron chi connectivity index (χ3n) is 7.78. The molecule has 2 N–H and O–H groups in total. The molecule has 9 heteroatoms. The summed E-state index contributed by atoms with van der Waals surface area (Å²) >= 11 is 0. The summed E-state index contributed by atoms with van der Waals surface area (Å²) in [4.78, 5) is 20.1. The number of nitrogens with one attached hydrogen (secondary N) is 2. The van der Waals surface area contributed by atoms with Crippen molar-refractivity contribution in [2.24, 2.45) is 5.92 Å². The van der Waals surface area contributed by atoms with Crippen molar-refractivity contribution in [3.63, 3.8) is 0 Å². The zero-order chi connectivity index (χ0) is 26.7. The van der Waals surface area contributed by atoms with E-state index >= 15 is 0 Å². The molecule has 0 bridgehead atoms. The first kappa shape index (κ1) is 26.6. The number of nitrogens with zero attached hydrogens (tertiary/aromatic N) is 2. The van der Waals surface area contributed by atoms with Gasteiger partial charge in [-0.1, -0.05) is 12.1 Å². The van der Waals surface area contributed by atoms with E-state index in [1.807, 2.05) is 19.1 Å². The molecule has 0 unspecified atom stereocenters. The monoisotopic (exact) mass is 538 g/mol. The van der Waals surface area contributed by atoms with Crippen LogP contribution in [0.25, 0.3) is 10.9 Å². The zero-order valence-electron chi connectivity index (χ0n) is 21.7. The summed E-state index contributed by atoms with van der Waals surface area (Å²) in [6.07, 6.45) is 6.00. The molecule has 7 nitrogen and oxygen atoms in total. The first-order valence-electron chi connectivity index (χ1n) is 13.5. The van der Waals surface area contributed by atoms with E-state index in [0.29, 0.717) is 25.7 Å². The zero-order valence-corrected chi connectivity index (χ0v) is 22.5. The maximum Gasteiger partial charge on any atom is 0.240 e. The van der Waals surface area contributed by atoms with Gasteiger partial charge in [-0.25, -0.2) is 22.5 Å². The van der Waals surface area contributed by atoms with Gasteiger partial charge in [-0.2, -0.15) is 0 Å². The molecule has 2 heterocycles. The second kappa shape index (κ2) is 11.4. The Balaban J connectivity index is 1.17. The second-order valence-electron chi connectivity index (χ2n) is 10.5. The van der Waals surface area contributed by atoms with Gasteiger partial charge in [-0.15, -0.1) is 0 Å². The van der Waals surface area contributed by atoms with Gasteiger partial charge in [-0.05, 0) is 99.9 Å². The van der Waals surface area contributed by atoms with Crippen LogP contribution in [-0.4, -0.2) is 38.4 Å². The first-order valence-corrected chi connectivity index (χ1v) is 15.0. The fraction of sp³-hybridized carbons (Fsp3) is 0.448. The topological polar surface area (TPSA) is 91.4 Å². The van der Waals surface area contributed by atoms with Crippen LogP contribution in [0.1, 0.15) is 63.5 Å². The van der Waals surface area contributed by atoms with E-state index in [-0.39, 0.29) is 34.6 Å². The Labute approximate surface area is 223 Å². The maximum atomic E-state index is 13.2. The number of hydrogen-bond donors (Lipinski definition) is 2. The number of halogens is 1. The minimum Gasteiger partial charge on any atom is -0.357 e. The molecule has 202 valence electrons.